The Kier molecular flexibility index (Phi) is 3.84. The van der Waals surface area contributed by atoms with Crippen molar-refractivity contribution in [3.05, 3.63) is 108 Å². The predicted octanol–water partition coefficient (Wildman–Crippen LogP) is 7.40. The van der Waals surface area contributed by atoms with Crippen LogP contribution in [-0.4, -0.2) is 0 Å². The molecule has 1 aliphatic carbocycles. The molecule has 0 atom stereocenters. The van der Waals surface area contributed by atoms with E-state index in [0.717, 1.165) is 11.4 Å². The minimum atomic E-state index is -0.0240. The molecule has 0 bridgehead atoms. The first-order chi connectivity index (χ1) is 13.6. The van der Waals surface area contributed by atoms with Crippen LogP contribution < -0.4 is 5.32 Å². The average molecular weight is 361 g/mol. The predicted molar refractivity (Wildman–Crippen MR) is 119 cm³/mol. The molecule has 0 radical (unpaired) electrons. The number of nitrogens with one attached hydrogen (secondary N) is 1. The zero-order chi connectivity index (χ0) is 19.1. The summed E-state index contributed by atoms with van der Waals surface area (Å²) in [7, 11) is 0. The number of hydrogen-bond acceptors (Lipinski definition) is 1. The summed E-state index contributed by atoms with van der Waals surface area (Å²) in [4.78, 5) is 0. The third kappa shape index (κ3) is 2.71. The van der Waals surface area contributed by atoms with Gasteiger partial charge in [-0.2, -0.15) is 0 Å². The molecule has 0 saturated carbocycles. The van der Waals surface area contributed by atoms with E-state index in [9.17, 15) is 0 Å². The summed E-state index contributed by atoms with van der Waals surface area (Å²) in [6, 6.07) is 34.6. The largest absolute Gasteiger partial charge is 0.356 e. The molecule has 1 aliphatic rings. The molecule has 0 aromatic heterocycles. The lowest BCUT2D eigenvalue weighted by atomic mass is 9.81. The summed E-state index contributed by atoms with van der Waals surface area (Å²) in [6.07, 6.45) is 0. The van der Waals surface area contributed by atoms with E-state index in [1.165, 1.54) is 33.4 Å². The van der Waals surface area contributed by atoms with Gasteiger partial charge in [0.05, 0.1) is 0 Å². The van der Waals surface area contributed by atoms with Crippen LogP contribution in [0.25, 0.3) is 22.3 Å². The lowest BCUT2D eigenvalue weighted by Gasteiger charge is -2.22. The van der Waals surface area contributed by atoms with Crippen molar-refractivity contribution in [1.82, 2.24) is 0 Å². The molecule has 136 valence electrons. The standard InChI is InChI=1S/C27H23N/c1-27(2)25-17-20(19-9-5-3-6-10-19)13-15-23(25)24-16-14-22(18-26(24)27)28-21-11-7-4-8-12-21/h3-18,28H,1-2H3. The van der Waals surface area contributed by atoms with Crippen LogP contribution in [0.5, 0.6) is 0 Å². The number of benzene rings is 4. The van der Waals surface area contributed by atoms with E-state index in [1.54, 1.807) is 0 Å². The third-order valence-corrected chi connectivity index (χ3v) is 5.85. The molecule has 1 heteroatoms. The maximum absolute atomic E-state index is 3.54. The van der Waals surface area contributed by atoms with Gasteiger partial charge in [0.25, 0.3) is 0 Å². The molecule has 0 aliphatic heterocycles. The molecular formula is C27H23N. The van der Waals surface area contributed by atoms with E-state index in [4.69, 9.17) is 0 Å². The molecule has 1 N–H and O–H groups in total. The quantitative estimate of drug-likeness (QED) is 0.401. The summed E-state index contributed by atoms with van der Waals surface area (Å²) < 4.78 is 0. The Morgan fingerprint density at radius 2 is 1.14 bits per heavy atom. The van der Waals surface area contributed by atoms with Crippen molar-refractivity contribution in [2.75, 3.05) is 5.32 Å². The normalized spacial score (nSPS) is 13.6. The summed E-state index contributed by atoms with van der Waals surface area (Å²) >= 11 is 0. The number of anilines is 2. The van der Waals surface area contributed by atoms with Gasteiger partial charge >= 0.3 is 0 Å². The first-order valence-electron chi connectivity index (χ1n) is 9.80. The number of para-hydroxylation sites is 1. The fourth-order valence-electron chi connectivity index (χ4n) is 4.31. The van der Waals surface area contributed by atoms with Crippen LogP contribution in [0.2, 0.25) is 0 Å². The van der Waals surface area contributed by atoms with Crippen LogP contribution in [0.4, 0.5) is 11.4 Å². The summed E-state index contributed by atoms with van der Waals surface area (Å²) in [6.45, 7) is 4.66. The van der Waals surface area contributed by atoms with Crippen molar-refractivity contribution < 1.29 is 0 Å². The fraction of sp³-hybridized carbons (Fsp3) is 0.111. The smallest absolute Gasteiger partial charge is 0.0387 e. The second-order valence-corrected chi connectivity index (χ2v) is 8.00. The molecule has 28 heavy (non-hydrogen) atoms. The maximum Gasteiger partial charge on any atom is 0.0387 e. The molecule has 1 nitrogen and oxygen atoms in total. The van der Waals surface area contributed by atoms with Crippen LogP contribution in [-0.2, 0) is 5.41 Å². The molecule has 0 saturated heterocycles. The van der Waals surface area contributed by atoms with E-state index < -0.39 is 0 Å². The second-order valence-electron chi connectivity index (χ2n) is 8.00. The number of hydrogen-bond donors (Lipinski definition) is 1. The van der Waals surface area contributed by atoms with E-state index in [-0.39, 0.29) is 5.41 Å². The molecule has 0 spiro atoms. The van der Waals surface area contributed by atoms with Gasteiger partial charge in [0.15, 0.2) is 0 Å². The van der Waals surface area contributed by atoms with Crippen molar-refractivity contribution in [3.8, 4) is 22.3 Å². The highest BCUT2D eigenvalue weighted by Crippen LogP contribution is 2.50. The van der Waals surface area contributed by atoms with Gasteiger partial charge in [-0.05, 0) is 63.7 Å². The van der Waals surface area contributed by atoms with E-state index >= 15 is 0 Å². The zero-order valence-corrected chi connectivity index (χ0v) is 16.2. The second kappa shape index (κ2) is 6.38. The van der Waals surface area contributed by atoms with E-state index in [2.05, 4.69) is 110 Å². The maximum atomic E-state index is 3.54. The third-order valence-electron chi connectivity index (χ3n) is 5.85. The van der Waals surface area contributed by atoms with Crippen LogP contribution in [0.1, 0.15) is 25.0 Å². The molecule has 0 fully saturated rings. The number of fused-ring (bicyclic) bond motifs is 3. The van der Waals surface area contributed by atoms with Gasteiger partial charge in [-0.3, -0.25) is 0 Å². The Labute approximate surface area is 166 Å². The lowest BCUT2D eigenvalue weighted by molar-refractivity contribution is 0.661. The van der Waals surface area contributed by atoms with Crippen molar-refractivity contribution >= 4 is 11.4 Å². The average Bonchev–Trinajstić information content (AvgIpc) is 2.96. The van der Waals surface area contributed by atoms with E-state index in [1.807, 2.05) is 6.07 Å². The van der Waals surface area contributed by atoms with Crippen LogP contribution in [0, 0.1) is 0 Å². The van der Waals surface area contributed by atoms with Crippen LogP contribution in [0.3, 0.4) is 0 Å². The molecule has 4 aromatic carbocycles. The molecule has 0 unspecified atom stereocenters. The molecule has 0 heterocycles. The fourth-order valence-corrected chi connectivity index (χ4v) is 4.31. The number of rotatable bonds is 3. The van der Waals surface area contributed by atoms with Crippen LogP contribution >= 0.6 is 0 Å². The highest BCUT2D eigenvalue weighted by Gasteiger charge is 2.35. The van der Waals surface area contributed by atoms with Crippen molar-refractivity contribution in [2.24, 2.45) is 0 Å². The van der Waals surface area contributed by atoms with Gasteiger partial charge in [0.1, 0.15) is 0 Å². The summed E-state index contributed by atoms with van der Waals surface area (Å²) in [5.41, 5.74) is 10.3. The molecular weight excluding hydrogens is 338 g/mol. The Morgan fingerprint density at radius 3 is 1.86 bits per heavy atom. The van der Waals surface area contributed by atoms with Gasteiger partial charge < -0.3 is 5.32 Å². The van der Waals surface area contributed by atoms with Crippen molar-refractivity contribution in [3.63, 3.8) is 0 Å². The Bertz CT molecular complexity index is 1140. The van der Waals surface area contributed by atoms with Gasteiger partial charge in [0.2, 0.25) is 0 Å². The van der Waals surface area contributed by atoms with Gasteiger partial charge in [0, 0.05) is 16.8 Å². The Hall–Kier alpha value is -3.32. The van der Waals surface area contributed by atoms with E-state index in [0.29, 0.717) is 0 Å². The highest BCUT2D eigenvalue weighted by molar-refractivity contribution is 5.85. The van der Waals surface area contributed by atoms with Gasteiger partial charge in [-0.25, -0.2) is 0 Å². The summed E-state index contributed by atoms with van der Waals surface area (Å²) in [5, 5.41) is 3.54. The SMILES string of the molecule is CC1(C)c2cc(Nc3ccccc3)ccc2-c2ccc(-c3ccccc3)cc21. The minimum absolute atomic E-state index is 0.0240. The zero-order valence-electron chi connectivity index (χ0n) is 16.2. The molecule has 0 amide bonds. The van der Waals surface area contributed by atoms with Crippen molar-refractivity contribution in [1.29, 1.82) is 0 Å². The first-order valence-corrected chi connectivity index (χ1v) is 9.80. The first kappa shape index (κ1) is 16.8. The van der Waals surface area contributed by atoms with Crippen LogP contribution in [0.15, 0.2) is 97.1 Å². The monoisotopic (exact) mass is 361 g/mol. The Balaban J connectivity index is 1.57. The van der Waals surface area contributed by atoms with Crippen molar-refractivity contribution in [2.45, 2.75) is 19.3 Å². The summed E-state index contributed by atoms with van der Waals surface area (Å²) in [5.74, 6) is 0. The Morgan fingerprint density at radius 1 is 0.536 bits per heavy atom. The molecule has 4 aromatic rings. The lowest BCUT2D eigenvalue weighted by Crippen LogP contribution is -2.15. The topological polar surface area (TPSA) is 12.0 Å². The molecule has 5 rings (SSSR count). The highest BCUT2D eigenvalue weighted by atomic mass is 14.9. The van der Waals surface area contributed by atoms with Gasteiger partial charge in [-0.15, -0.1) is 0 Å². The minimum Gasteiger partial charge on any atom is -0.356 e. The van der Waals surface area contributed by atoms with Gasteiger partial charge in [-0.1, -0.05) is 80.6 Å².